The zero-order valence-electron chi connectivity index (χ0n) is 17.7. The Bertz CT molecular complexity index is 587. The number of unbranched alkanes of at least 4 members (excludes halogenated alkanes) is 2. The van der Waals surface area contributed by atoms with Crippen molar-refractivity contribution >= 4 is 5.95 Å². The first-order valence-electron chi connectivity index (χ1n) is 11.2. The summed E-state index contributed by atoms with van der Waals surface area (Å²) < 4.78 is 5.13. The molecule has 28 heavy (non-hydrogen) atoms. The van der Waals surface area contributed by atoms with Crippen LogP contribution in [0, 0.1) is 0 Å². The monoisotopic (exact) mass is 387 g/mol. The van der Waals surface area contributed by atoms with Crippen LogP contribution in [-0.2, 0) is 4.74 Å². The second-order valence-electron chi connectivity index (χ2n) is 9.00. The molecule has 156 valence electrons. The van der Waals surface area contributed by atoms with Crippen LogP contribution in [0.3, 0.4) is 0 Å². The number of likely N-dealkylation sites (tertiary alicyclic amines) is 2. The summed E-state index contributed by atoms with van der Waals surface area (Å²) in [6.45, 7) is 6.83. The van der Waals surface area contributed by atoms with E-state index in [1.165, 1.54) is 70.1 Å². The number of anilines is 1. The summed E-state index contributed by atoms with van der Waals surface area (Å²) in [5.41, 5.74) is 1.34. The second-order valence-corrected chi connectivity index (χ2v) is 9.00. The van der Waals surface area contributed by atoms with E-state index in [1.807, 2.05) is 0 Å². The molecule has 3 saturated heterocycles. The molecule has 4 heterocycles. The molecule has 4 rings (SSSR count). The van der Waals surface area contributed by atoms with Crippen molar-refractivity contribution in [2.45, 2.75) is 62.9 Å². The zero-order valence-corrected chi connectivity index (χ0v) is 17.7. The van der Waals surface area contributed by atoms with Gasteiger partial charge < -0.3 is 19.4 Å². The summed E-state index contributed by atoms with van der Waals surface area (Å²) in [7, 11) is 4.02. The van der Waals surface area contributed by atoms with Crippen molar-refractivity contribution in [3.63, 3.8) is 0 Å². The molecular formula is C22H37N5O. The molecule has 2 atom stereocenters. The number of rotatable bonds is 8. The van der Waals surface area contributed by atoms with Crippen molar-refractivity contribution in [3.8, 4) is 0 Å². The van der Waals surface area contributed by atoms with Crippen molar-refractivity contribution in [1.29, 1.82) is 0 Å². The molecule has 0 amide bonds. The van der Waals surface area contributed by atoms with E-state index in [1.54, 1.807) is 7.11 Å². The lowest BCUT2D eigenvalue weighted by molar-refractivity contribution is 0.183. The average Bonchev–Trinajstić information content (AvgIpc) is 2.99. The Balaban J connectivity index is 1.25. The Morgan fingerprint density at radius 2 is 1.64 bits per heavy atom. The first kappa shape index (κ1) is 20.0. The van der Waals surface area contributed by atoms with Crippen LogP contribution >= 0.6 is 0 Å². The van der Waals surface area contributed by atoms with E-state index in [-0.39, 0.29) is 0 Å². The van der Waals surface area contributed by atoms with Crippen LogP contribution in [0.2, 0.25) is 0 Å². The number of fused-ring (bicyclic) bond motifs is 2. The smallest absolute Gasteiger partial charge is 0.225 e. The van der Waals surface area contributed by atoms with Crippen molar-refractivity contribution in [2.75, 3.05) is 58.4 Å². The largest absolute Gasteiger partial charge is 0.385 e. The number of hydrogen-bond donors (Lipinski definition) is 0. The summed E-state index contributed by atoms with van der Waals surface area (Å²) in [6, 6.07) is 1.20. The molecule has 6 heteroatoms. The Kier molecular flexibility index (Phi) is 6.81. The van der Waals surface area contributed by atoms with Crippen LogP contribution in [0.5, 0.6) is 0 Å². The molecule has 0 spiro atoms. The summed E-state index contributed by atoms with van der Waals surface area (Å²) in [6.07, 6.45) is 13.0. The van der Waals surface area contributed by atoms with Crippen LogP contribution in [0.25, 0.3) is 0 Å². The van der Waals surface area contributed by atoms with Gasteiger partial charge >= 0.3 is 0 Å². The van der Waals surface area contributed by atoms with Crippen LogP contribution in [-0.4, -0.2) is 85.3 Å². The Labute approximate surface area is 170 Å². The van der Waals surface area contributed by atoms with Crippen LogP contribution < -0.4 is 4.90 Å². The van der Waals surface area contributed by atoms with Gasteiger partial charge in [-0.25, -0.2) is 9.97 Å². The second kappa shape index (κ2) is 9.51. The summed E-state index contributed by atoms with van der Waals surface area (Å²) >= 11 is 0. The molecule has 2 unspecified atom stereocenters. The quantitative estimate of drug-likeness (QED) is 0.639. The van der Waals surface area contributed by atoms with Crippen LogP contribution in [0.1, 0.15) is 56.4 Å². The lowest BCUT2D eigenvalue weighted by Crippen LogP contribution is -2.53. The molecule has 2 bridgehead atoms. The van der Waals surface area contributed by atoms with Gasteiger partial charge in [0, 0.05) is 51.3 Å². The highest BCUT2D eigenvalue weighted by Crippen LogP contribution is 2.33. The minimum Gasteiger partial charge on any atom is -0.385 e. The molecule has 3 aliphatic rings. The fourth-order valence-corrected chi connectivity index (χ4v) is 5.36. The van der Waals surface area contributed by atoms with E-state index in [0.29, 0.717) is 18.0 Å². The molecule has 0 aliphatic carbocycles. The van der Waals surface area contributed by atoms with Gasteiger partial charge in [0.25, 0.3) is 0 Å². The van der Waals surface area contributed by atoms with Gasteiger partial charge in [-0.15, -0.1) is 0 Å². The van der Waals surface area contributed by atoms with E-state index >= 15 is 0 Å². The van der Waals surface area contributed by atoms with Gasteiger partial charge in [-0.3, -0.25) is 0 Å². The number of piperidine rings is 1. The highest BCUT2D eigenvalue weighted by atomic mass is 16.5. The number of likely N-dealkylation sites (N-methyl/N-ethyl adjacent to an activating group) is 1. The van der Waals surface area contributed by atoms with Gasteiger partial charge in [0.2, 0.25) is 5.95 Å². The van der Waals surface area contributed by atoms with Gasteiger partial charge in [0.1, 0.15) is 0 Å². The van der Waals surface area contributed by atoms with Crippen LogP contribution in [0.4, 0.5) is 5.95 Å². The van der Waals surface area contributed by atoms with Crippen molar-refractivity contribution in [1.82, 2.24) is 19.8 Å². The van der Waals surface area contributed by atoms with E-state index in [4.69, 9.17) is 14.7 Å². The summed E-state index contributed by atoms with van der Waals surface area (Å²) in [4.78, 5) is 17.2. The third-order valence-electron chi connectivity index (χ3n) is 6.94. The molecule has 0 radical (unpaired) electrons. The molecule has 3 aliphatic heterocycles. The van der Waals surface area contributed by atoms with Gasteiger partial charge in [-0.2, -0.15) is 0 Å². The molecule has 3 fully saturated rings. The lowest BCUT2D eigenvalue weighted by Gasteiger charge is -2.39. The summed E-state index contributed by atoms with van der Waals surface area (Å²) in [5, 5.41) is 0. The topological polar surface area (TPSA) is 44.7 Å². The van der Waals surface area contributed by atoms with E-state index < -0.39 is 0 Å². The fraction of sp³-hybridized carbons (Fsp3) is 0.818. The fourth-order valence-electron chi connectivity index (χ4n) is 5.36. The first-order chi connectivity index (χ1) is 13.7. The Morgan fingerprint density at radius 3 is 2.29 bits per heavy atom. The highest BCUT2D eigenvalue weighted by Gasteiger charge is 2.40. The minimum absolute atomic E-state index is 0.599. The van der Waals surface area contributed by atoms with Gasteiger partial charge in [0.05, 0.1) is 0 Å². The SMILES string of the molecule is COCCCCCN1CCC(c2cnc(N3C4CCC3CN(C)C4)nc2)CC1. The minimum atomic E-state index is 0.599. The number of aromatic nitrogens is 2. The van der Waals surface area contributed by atoms with Gasteiger partial charge in [0.15, 0.2) is 0 Å². The molecule has 6 nitrogen and oxygen atoms in total. The molecule has 1 aromatic rings. The number of nitrogens with zero attached hydrogens (tertiary/aromatic N) is 5. The molecule has 0 aromatic carbocycles. The Hall–Kier alpha value is -1.24. The molecule has 0 saturated carbocycles. The predicted octanol–water partition coefficient (Wildman–Crippen LogP) is 2.76. The number of methoxy groups -OCH3 is 1. The predicted molar refractivity (Wildman–Crippen MR) is 113 cm³/mol. The first-order valence-corrected chi connectivity index (χ1v) is 11.2. The third-order valence-corrected chi connectivity index (χ3v) is 6.94. The van der Waals surface area contributed by atoms with Crippen molar-refractivity contribution in [3.05, 3.63) is 18.0 Å². The normalized spacial score (nSPS) is 26.9. The Morgan fingerprint density at radius 1 is 0.964 bits per heavy atom. The zero-order chi connectivity index (χ0) is 19.3. The maximum atomic E-state index is 5.13. The van der Waals surface area contributed by atoms with Gasteiger partial charge in [-0.05, 0) is 83.1 Å². The molecule has 0 N–H and O–H groups in total. The number of piperazine rings is 1. The number of ether oxygens (including phenoxy) is 1. The maximum absolute atomic E-state index is 5.13. The standard InChI is InChI=1S/C22H37N5O/c1-25-16-20-6-7-21(17-25)27(20)22-23-14-19(15-24-22)18-8-11-26(12-9-18)10-4-3-5-13-28-2/h14-15,18,20-21H,3-13,16-17H2,1-2H3. The van der Waals surface area contributed by atoms with Gasteiger partial charge in [-0.1, -0.05) is 0 Å². The highest BCUT2D eigenvalue weighted by molar-refractivity contribution is 5.38. The number of hydrogen-bond acceptors (Lipinski definition) is 6. The van der Waals surface area contributed by atoms with E-state index in [9.17, 15) is 0 Å². The third kappa shape index (κ3) is 4.66. The maximum Gasteiger partial charge on any atom is 0.225 e. The average molecular weight is 388 g/mol. The summed E-state index contributed by atoms with van der Waals surface area (Å²) in [5.74, 6) is 1.58. The van der Waals surface area contributed by atoms with Crippen LogP contribution in [0.15, 0.2) is 12.4 Å². The molecule has 1 aromatic heterocycles. The van der Waals surface area contributed by atoms with Crippen molar-refractivity contribution in [2.24, 2.45) is 0 Å². The van der Waals surface area contributed by atoms with E-state index in [0.717, 1.165) is 25.6 Å². The molecular weight excluding hydrogens is 350 g/mol. The van der Waals surface area contributed by atoms with Crippen molar-refractivity contribution < 1.29 is 4.74 Å². The van der Waals surface area contributed by atoms with E-state index in [2.05, 4.69) is 34.1 Å². The lowest BCUT2D eigenvalue weighted by atomic mass is 9.91.